The van der Waals surface area contributed by atoms with Gasteiger partial charge in [0.05, 0.1) is 5.56 Å². The second-order valence-corrected chi connectivity index (χ2v) is 4.96. The molecule has 0 bridgehead atoms. The minimum Gasteiger partial charge on any atom is -0.453 e. The van der Waals surface area contributed by atoms with E-state index < -0.39 is 11.7 Å². The van der Waals surface area contributed by atoms with Crippen molar-refractivity contribution in [1.82, 2.24) is 0 Å². The number of nitrogens with two attached hydrogens (primary N) is 1. The van der Waals surface area contributed by atoms with Crippen LogP contribution in [0.4, 0.5) is 4.39 Å². The molecule has 3 nitrogen and oxygen atoms in total. The molecule has 19 heavy (non-hydrogen) atoms. The molecule has 0 saturated heterocycles. The van der Waals surface area contributed by atoms with Gasteiger partial charge in [-0.3, -0.25) is 4.79 Å². The molecule has 1 amide bonds. The highest BCUT2D eigenvalue weighted by atomic mass is 79.9. The van der Waals surface area contributed by atoms with Crippen LogP contribution in [0.5, 0.6) is 11.5 Å². The Kier molecular flexibility index (Phi) is 3.85. The van der Waals surface area contributed by atoms with Gasteiger partial charge in [0.1, 0.15) is 5.75 Å². The molecule has 0 aliphatic rings. The van der Waals surface area contributed by atoms with E-state index in [4.69, 9.17) is 10.5 Å². The van der Waals surface area contributed by atoms with Crippen LogP contribution in [0.2, 0.25) is 0 Å². The third-order valence-electron chi connectivity index (χ3n) is 2.52. The van der Waals surface area contributed by atoms with E-state index >= 15 is 0 Å². The van der Waals surface area contributed by atoms with Gasteiger partial charge in [0, 0.05) is 4.47 Å². The lowest BCUT2D eigenvalue weighted by molar-refractivity contribution is 0.0998. The zero-order valence-corrected chi connectivity index (χ0v) is 11.7. The van der Waals surface area contributed by atoms with Crippen molar-refractivity contribution in [3.8, 4) is 11.5 Å². The monoisotopic (exact) mass is 323 g/mol. The Labute approximate surface area is 118 Å². The predicted octanol–water partition coefficient (Wildman–Crippen LogP) is 3.79. The lowest BCUT2D eigenvalue weighted by atomic mass is 10.1. The molecule has 0 unspecified atom stereocenters. The number of primary amides is 1. The zero-order chi connectivity index (χ0) is 14.0. The Bertz CT molecular complexity index is 643. The summed E-state index contributed by atoms with van der Waals surface area (Å²) in [7, 11) is 0. The van der Waals surface area contributed by atoms with E-state index in [9.17, 15) is 9.18 Å². The second-order valence-electron chi connectivity index (χ2n) is 4.04. The van der Waals surface area contributed by atoms with Crippen LogP contribution in [0.3, 0.4) is 0 Å². The van der Waals surface area contributed by atoms with E-state index in [0.717, 1.165) is 5.56 Å². The normalized spacial score (nSPS) is 10.3. The summed E-state index contributed by atoms with van der Waals surface area (Å²) in [5.74, 6) is -0.863. The average molecular weight is 324 g/mol. The lowest BCUT2D eigenvalue weighted by Crippen LogP contribution is -2.12. The molecule has 2 aromatic carbocycles. The Morgan fingerprint density at radius 2 is 1.95 bits per heavy atom. The fraction of sp³-hybridized carbons (Fsp3) is 0.0714. The van der Waals surface area contributed by atoms with Gasteiger partial charge in [0.15, 0.2) is 11.6 Å². The zero-order valence-electron chi connectivity index (χ0n) is 10.1. The number of benzene rings is 2. The molecule has 0 fully saturated rings. The van der Waals surface area contributed by atoms with E-state index in [1.165, 1.54) is 12.1 Å². The summed E-state index contributed by atoms with van der Waals surface area (Å²) < 4.78 is 19.8. The minimum absolute atomic E-state index is 0.0301. The molecule has 0 aliphatic heterocycles. The molecular formula is C14H11BrFNO2. The first-order valence-corrected chi connectivity index (χ1v) is 6.30. The third kappa shape index (κ3) is 3.12. The number of amides is 1. The van der Waals surface area contributed by atoms with Gasteiger partial charge in [-0.05, 0) is 42.8 Å². The Morgan fingerprint density at radius 1 is 1.21 bits per heavy atom. The molecule has 2 rings (SSSR count). The first kappa shape index (κ1) is 13.5. The highest BCUT2D eigenvalue weighted by Gasteiger charge is 2.13. The van der Waals surface area contributed by atoms with Crippen molar-refractivity contribution < 1.29 is 13.9 Å². The molecule has 0 aromatic heterocycles. The van der Waals surface area contributed by atoms with Crippen molar-refractivity contribution in [2.45, 2.75) is 6.92 Å². The summed E-state index contributed by atoms with van der Waals surface area (Å²) >= 11 is 3.23. The maximum Gasteiger partial charge on any atom is 0.252 e. The van der Waals surface area contributed by atoms with Gasteiger partial charge in [-0.25, -0.2) is 4.39 Å². The van der Waals surface area contributed by atoms with Crippen LogP contribution in [0.15, 0.2) is 40.9 Å². The summed E-state index contributed by atoms with van der Waals surface area (Å²) in [4.78, 5) is 11.3. The van der Waals surface area contributed by atoms with Gasteiger partial charge in [0.2, 0.25) is 0 Å². The van der Waals surface area contributed by atoms with Crippen LogP contribution in [-0.2, 0) is 0 Å². The van der Waals surface area contributed by atoms with Crippen LogP contribution >= 0.6 is 15.9 Å². The van der Waals surface area contributed by atoms with E-state index in [1.54, 1.807) is 24.3 Å². The van der Waals surface area contributed by atoms with E-state index in [2.05, 4.69) is 15.9 Å². The smallest absolute Gasteiger partial charge is 0.252 e. The van der Waals surface area contributed by atoms with Crippen molar-refractivity contribution >= 4 is 21.8 Å². The highest BCUT2D eigenvalue weighted by Crippen LogP contribution is 2.30. The van der Waals surface area contributed by atoms with E-state index in [0.29, 0.717) is 4.47 Å². The molecule has 5 heteroatoms. The predicted molar refractivity (Wildman–Crippen MR) is 73.9 cm³/mol. The number of rotatable bonds is 3. The molecule has 0 radical (unpaired) electrons. The van der Waals surface area contributed by atoms with Gasteiger partial charge < -0.3 is 10.5 Å². The van der Waals surface area contributed by atoms with Gasteiger partial charge in [-0.15, -0.1) is 0 Å². The van der Waals surface area contributed by atoms with Gasteiger partial charge >= 0.3 is 0 Å². The summed E-state index contributed by atoms with van der Waals surface area (Å²) in [6, 6.07) is 9.27. The first-order chi connectivity index (χ1) is 8.97. The maximum atomic E-state index is 13.6. The number of aryl methyl sites for hydroxylation is 1. The quantitative estimate of drug-likeness (QED) is 0.934. The van der Waals surface area contributed by atoms with Crippen molar-refractivity contribution in [2.75, 3.05) is 0 Å². The molecule has 0 aliphatic carbocycles. The average Bonchev–Trinajstić information content (AvgIpc) is 2.33. The van der Waals surface area contributed by atoms with Crippen LogP contribution in [0, 0.1) is 12.7 Å². The fourth-order valence-corrected chi connectivity index (χ4v) is 1.93. The third-order valence-corrected chi connectivity index (χ3v) is 3.01. The standard InChI is InChI=1S/C14H11BrFNO2/c1-8-2-4-10(14(17)18)12(6-8)19-13-7-9(15)3-5-11(13)16/h2-7H,1H3,(H2,17,18). The van der Waals surface area contributed by atoms with E-state index in [-0.39, 0.29) is 17.1 Å². The number of hydrogen-bond acceptors (Lipinski definition) is 2. The van der Waals surface area contributed by atoms with Crippen molar-refractivity contribution in [1.29, 1.82) is 0 Å². The van der Waals surface area contributed by atoms with Gasteiger partial charge in [-0.2, -0.15) is 0 Å². The number of ether oxygens (including phenoxy) is 1. The molecule has 0 atom stereocenters. The molecule has 2 aromatic rings. The largest absolute Gasteiger partial charge is 0.453 e. The Hall–Kier alpha value is -1.88. The molecule has 0 saturated carbocycles. The summed E-state index contributed by atoms with van der Waals surface area (Å²) in [5, 5.41) is 0. The molecular weight excluding hydrogens is 313 g/mol. The van der Waals surface area contributed by atoms with Crippen LogP contribution in [0.25, 0.3) is 0 Å². The van der Waals surface area contributed by atoms with Crippen molar-refractivity contribution in [3.63, 3.8) is 0 Å². The van der Waals surface area contributed by atoms with E-state index in [1.807, 2.05) is 6.92 Å². The van der Waals surface area contributed by atoms with Crippen LogP contribution in [0.1, 0.15) is 15.9 Å². The number of halogens is 2. The Morgan fingerprint density at radius 3 is 2.63 bits per heavy atom. The molecule has 2 N–H and O–H groups in total. The topological polar surface area (TPSA) is 52.3 Å². The number of carbonyl (C=O) groups is 1. The molecule has 0 heterocycles. The van der Waals surface area contributed by atoms with Crippen LogP contribution < -0.4 is 10.5 Å². The van der Waals surface area contributed by atoms with Gasteiger partial charge in [0.25, 0.3) is 5.91 Å². The summed E-state index contributed by atoms with van der Waals surface area (Å²) in [6.07, 6.45) is 0. The van der Waals surface area contributed by atoms with Crippen molar-refractivity contribution in [3.05, 3.63) is 57.8 Å². The number of hydrogen-bond donors (Lipinski definition) is 1. The summed E-state index contributed by atoms with van der Waals surface area (Å²) in [5.41, 5.74) is 6.36. The lowest BCUT2D eigenvalue weighted by Gasteiger charge is -2.11. The molecule has 98 valence electrons. The highest BCUT2D eigenvalue weighted by molar-refractivity contribution is 9.10. The second kappa shape index (κ2) is 5.40. The van der Waals surface area contributed by atoms with Crippen molar-refractivity contribution in [2.24, 2.45) is 5.73 Å². The maximum absolute atomic E-state index is 13.6. The first-order valence-electron chi connectivity index (χ1n) is 5.51. The minimum atomic E-state index is -0.620. The van der Waals surface area contributed by atoms with Crippen LogP contribution in [-0.4, -0.2) is 5.91 Å². The summed E-state index contributed by atoms with van der Waals surface area (Å²) in [6.45, 7) is 1.84. The van der Waals surface area contributed by atoms with Gasteiger partial charge in [-0.1, -0.05) is 22.0 Å². The fourth-order valence-electron chi connectivity index (χ4n) is 1.59. The number of carbonyl (C=O) groups excluding carboxylic acids is 1. The Balaban J connectivity index is 2.45. The SMILES string of the molecule is Cc1ccc(C(N)=O)c(Oc2cc(Br)ccc2F)c1. The molecule has 0 spiro atoms.